The SMILES string of the molecule is COc1ccc([C@H]2Cn3cnc(C(=O)N4CCC(C(=O)Nc5ccc(F)cc5C)CC4)c3CO2)cc1. The summed E-state index contributed by atoms with van der Waals surface area (Å²) in [4.78, 5) is 32.2. The van der Waals surface area contributed by atoms with E-state index in [2.05, 4.69) is 10.3 Å². The molecule has 0 bridgehead atoms. The maximum Gasteiger partial charge on any atom is 0.274 e. The minimum absolute atomic E-state index is 0.103. The highest BCUT2D eigenvalue weighted by atomic mass is 19.1. The molecule has 188 valence electrons. The number of piperidine rings is 1. The molecule has 1 fully saturated rings. The van der Waals surface area contributed by atoms with Crippen LogP contribution >= 0.6 is 0 Å². The van der Waals surface area contributed by atoms with Crippen LogP contribution < -0.4 is 10.1 Å². The average molecular weight is 493 g/mol. The number of aryl methyl sites for hydroxylation is 1. The van der Waals surface area contributed by atoms with Gasteiger partial charge in [-0.05, 0) is 61.2 Å². The normalized spacial score (nSPS) is 18.0. The van der Waals surface area contributed by atoms with Gasteiger partial charge in [0.1, 0.15) is 17.7 Å². The molecule has 0 unspecified atom stereocenters. The Labute approximate surface area is 209 Å². The molecule has 2 aliphatic rings. The Hall–Kier alpha value is -3.72. The van der Waals surface area contributed by atoms with Gasteiger partial charge in [0.15, 0.2) is 5.69 Å². The Morgan fingerprint density at radius 2 is 1.89 bits per heavy atom. The third kappa shape index (κ3) is 4.83. The highest BCUT2D eigenvalue weighted by Gasteiger charge is 2.32. The molecule has 0 aliphatic carbocycles. The van der Waals surface area contributed by atoms with Crippen LogP contribution in [0.1, 0.15) is 46.3 Å². The summed E-state index contributed by atoms with van der Waals surface area (Å²) in [7, 11) is 1.63. The standard InChI is InChI=1S/C27H29FN4O4/c1-17-13-20(28)5-8-22(17)30-26(33)19-9-11-31(12-10-19)27(34)25-23-15-36-24(14-32(23)16-29-25)18-3-6-21(35-2)7-4-18/h3-8,13,16,19,24H,9-12,14-15H2,1-2H3,(H,30,33)/t24-/m1/s1. The molecule has 0 radical (unpaired) electrons. The topological polar surface area (TPSA) is 85.7 Å². The van der Waals surface area contributed by atoms with Gasteiger partial charge in [0, 0.05) is 24.7 Å². The van der Waals surface area contributed by atoms with Gasteiger partial charge in [-0.25, -0.2) is 9.37 Å². The van der Waals surface area contributed by atoms with E-state index in [-0.39, 0.29) is 29.7 Å². The lowest BCUT2D eigenvalue weighted by Crippen LogP contribution is -2.42. The first-order valence-electron chi connectivity index (χ1n) is 12.1. The number of halogens is 1. The first-order valence-corrected chi connectivity index (χ1v) is 12.1. The smallest absolute Gasteiger partial charge is 0.274 e. The third-order valence-corrected chi connectivity index (χ3v) is 7.02. The summed E-state index contributed by atoms with van der Waals surface area (Å²) in [5, 5.41) is 2.90. The Balaban J connectivity index is 1.18. The fourth-order valence-corrected chi connectivity index (χ4v) is 4.82. The second-order valence-corrected chi connectivity index (χ2v) is 9.28. The third-order valence-electron chi connectivity index (χ3n) is 7.02. The van der Waals surface area contributed by atoms with Crippen molar-refractivity contribution in [2.75, 3.05) is 25.5 Å². The maximum absolute atomic E-state index is 13.3. The number of anilines is 1. The molecule has 3 heterocycles. The number of hydrogen-bond donors (Lipinski definition) is 1. The fraction of sp³-hybridized carbons (Fsp3) is 0.370. The van der Waals surface area contributed by atoms with Crippen LogP contribution in [0, 0.1) is 18.7 Å². The molecule has 1 aromatic heterocycles. The average Bonchev–Trinajstić information content (AvgIpc) is 3.33. The Morgan fingerprint density at radius 3 is 2.58 bits per heavy atom. The molecule has 1 saturated heterocycles. The summed E-state index contributed by atoms with van der Waals surface area (Å²) in [5.74, 6) is 0.0127. The number of amides is 2. The Bertz CT molecular complexity index is 1270. The number of aromatic nitrogens is 2. The van der Waals surface area contributed by atoms with Crippen molar-refractivity contribution in [1.29, 1.82) is 0 Å². The monoisotopic (exact) mass is 492 g/mol. The van der Waals surface area contributed by atoms with Gasteiger partial charge in [-0.3, -0.25) is 9.59 Å². The molecule has 36 heavy (non-hydrogen) atoms. The van der Waals surface area contributed by atoms with Crippen molar-refractivity contribution in [2.45, 2.75) is 39.0 Å². The molecule has 9 heteroatoms. The molecule has 2 aromatic carbocycles. The van der Waals surface area contributed by atoms with E-state index in [9.17, 15) is 14.0 Å². The second-order valence-electron chi connectivity index (χ2n) is 9.28. The van der Waals surface area contributed by atoms with E-state index in [1.807, 2.05) is 28.8 Å². The summed E-state index contributed by atoms with van der Waals surface area (Å²) < 4.78 is 26.6. The molecule has 3 aromatic rings. The van der Waals surface area contributed by atoms with E-state index < -0.39 is 0 Å². The van der Waals surface area contributed by atoms with E-state index in [0.29, 0.717) is 56.0 Å². The van der Waals surface area contributed by atoms with Crippen LogP contribution in [0.2, 0.25) is 0 Å². The number of fused-ring (bicyclic) bond motifs is 1. The van der Waals surface area contributed by atoms with E-state index >= 15 is 0 Å². The number of likely N-dealkylation sites (tertiary alicyclic amines) is 1. The molecular formula is C27H29FN4O4. The number of nitrogens with one attached hydrogen (secondary N) is 1. The van der Waals surface area contributed by atoms with Crippen molar-refractivity contribution >= 4 is 17.5 Å². The van der Waals surface area contributed by atoms with E-state index in [0.717, 1.165) is 17.0 Å². The number of ether oxygens (including phenoxy) is 2. The van der Waals surface area contributed by atoms with Gasteiger partial charge in [0.2, 0.25) is 5.91 Å². The number of benzene rings is 2. The number of carbonyl (C=O) groups excluding carboxylic acids is 2. The fourth-order valence-electron chi connectivity index (χ4n) is 4.82. The van der Waals surface area contributed by atoms with Crippen molar-refractivity contribution < 1.29 is 23.5 Å². The van der Waals surface area contributed by atoms with Crippen molar-refractivity contribution in [3.8, 4) is 5.75 Å². The summed E-state index contributed by atoms with van der Waals surface area (Å²) in [6.45, 7) is 3.58. The maximum atomic E-state index is 13.3. The number of carbonyl (C=O) groups is 2. The highest BCUT2D eigenvalue weighted by molar-refractivity contribution is 5.95. The molecule has 1 N–H and O–H groups in total. The van der Waals surface area contributed by atoms with Crippen LogP contribution in [0.3, 0.4) is 0 Å². The highest BCUT2D eigenvalue weighted by Crippen LogP contribution is 2.30. The molecule has 0 saturated carbocycles. The van der Waals surface area contributed by atoms with Crippen molar-refractivity contribution in [3.63, 3.8) is 0 Å². The van der Waals surface area contributed by atoms with Crippen LogP contribution in [-0.2, 0) is 22.7 Å². The predicted molar refractivity (Wildman–Crippen MR) is 131 cm³/mol. The van der Waals surface area contributed by atoms with Crippen LogP contribution in [0.4, 0.5) is 10.1 Å². The van der Waals surface area contributed by atoms with Crippen LogP contribution in [0.15, 0.2) is 48.8 Å². The second kappa shape index (κ2) is 10.1. The molecule has 2 amide bonds. The first-order chi connectivity index (χ1) is 17.4. The van der Waals surface area contributed by atoms with Crippen LogP contribution in [0.5, 0.6) is 5.75 Å². The van der Waals surface area contributed by atoms with Gasteiger partial charge < -0.3 is 24.3 Å². The number of imidazole rings is 1. The number of hydrogen-bond acceptors (Lipinski definition) is 5. The molecular weight excluding hydrogens is 463 g/mol. The molecule has 0 spiro atoms. The Kier molecular flexibility index (Phi) is 6.73. The molecule has 1 atom stereocenters. The van der Waals surface area contributed by atoms with Crippen LogP contribution in [-0.4, -0.2) is 46.5 Å². The van der Waals surface area contributed by atoms with Gasteiger partial charge >= 0.3 is 0 Å². The minimum atomic E-state index is -0.333. The number of methoxy groups -OCH3 is 1. The summed E-state index contributed by atoms with van der Waals surface area (Å²) in [5.41, 5.74) is 3.51. The zero-order valence-corrected chi connectivity index (χ0v) is 20.4. The number of rotatable bonds is 5. The summed E-state index contributed by atoms with van der Waals surface area (Å²) in [6, 6.07) is 12.1. The van der Waals surface area contributed by atoms with Crippen molar-refractivity contribution in [3.05, 3.63) is 77.1 Å². The van der Waals surface area contributed by atoms with Crippen molar-refractivity contribution in [1.82, 2.24) is 14.5 Å². The lowest BCUT2D eigenvalue weighted by Gasteiger charge is -2.31. The lowest BCUT2D eigenvalue weighted by atomic mass is 9.95. The molecule has 2 aliphatic heterocycles. The predicted octanol–water partition coefficient (Wildman–Crippen LogP) is 4.10. The zero-order valence-electron chi connectivity index (χ0n) is 20.4. The largest absolute Gasteiger partial charge is 0.497 e. The molecule has 8 nitrogen and oxygen atoms in total. The van der Waals surface area contributed by atoms with E-state index in [4.69, 9.17) is 9.47 Å². The van der Waals surface area contributed by atoms with Gasteiger partial charge in [0.05, 0.1) is 32.3 Å². The first kappa shape index (κ1) is 24.0. The van der Waals surface area contributed by atoms with Gasteiger partial charge in [-0.2, -0.15) is 0 Å². The summed E-state index contributed by atoms with van der Waals surface area (Å²) >= 11 is 0. The van der Waals surface area contributed by atoms with Crippen LogP contribution in [0.25, 0.3) is 0 Å². The molecule has 5 rings (SSSR count). The van der Waals surface area contributed by atoms with E-state index in [1.54, 1.807) is 31.3 Å². The quantitative estimate of drug-likeness (QED) is 0.580. The van der Waals surface area contributed by atoms with Gasteiger partial charge in [-0.1, -0.05) is 12.1 Å². The summed E-state index contributed by atoms with van der Waals surface area (Å²) in [6.07, 6.45) is 2.69. The zero-order chi connectivity index (χ0) is 25.2. The Morgan fingerprint density at radius 1 is 1.14 bits per heavy atom. The van der Waals surface area contributed by atoms with Crippen molar-refractivity contribution in [2.24, 2.45) is 5.92 Å². The lowest BCUT2D eigenvalue weighted by molar-refractivity contribution is -0.121. The van der Waals surface area contributed by atoms with Gasteiger partial charge in [0.25, 0.3) is 5.91 Å². The minimum Gasteiger partial charge on any atom is -0.497 e. The van der Waals surface area contributed by atoms with E-state index in [1.165, 1.54) is 12.1 Å². The van der Waals surface area contributed by atoms with Gasteiger partial charge in [-0.15, -0.1) is 0 Å². The number of nitrogens with zero attached hydrogens (tertiary/aromatic N) is 3.